The summed E-state index contributed by atoms with van der Waals surface area (Å²) >= 11 is 0. The Morgan fingerprint density at radius 3 is 2.50 bits per heavy atom. The van der Waals surface area contributed by atoms with E-state index in [1.165, 1.54) is 4.90 Å². The van der Waals surface area contributed by atoms with Crippen molar-refractivity contribution < 1.29 is 29.0 Å². The van der Waals surface area contributed by atoms with Gasteiger partial charge in [-0.05, 0) is 23.3 Å². The van der Waals surface area contributed by atoms with Gasteiger partial charge in [-0.25, -0.2) is 0 Å². The number of hydrogen-bond acceptors (Lipinski definition) is 6. The van der Waals surface area contributed by atoms with Crippen LogP contribution in [-0.2, 0) is 22.6 Å². The minimum atomic E-state index is -0.927. The van der Waals surface area contributed by atoms with Gasteiger partial charge in [0.25, 0.3) is 5.91 Å². The lowest BCUT2D eigenvalue weighted by molar-refractivity contribution is -0.130. The van der Waals surface area contributed by atoms with Gasteiger partial charge in [-0.1, -0.05) is 48.5 Å². The number of carbonyl (C=O) groups is 3. The van der Waals surface area contributed by atoms with Crippen molar-refractivity contribution >= 4 is 34.3 Å². The SMILES string of the molecule is COc1cc2c(cc1OC)N(Cc1ccccc1)C(=O)C(NC(=O)C1CC(O)CN1C(=O)c1c[nH]c3ccccc13)C2. The van der Waals surface area contributed by atoms with Gasteiger partial charge in [-0.2, -0.15) is 0 Å². The molecular formula is C32H32N4O6. The number of aliphatic hydroxyl groups is 1. The van der Waals surface area contributed by atoms with Gasteiger partial charge in [0.1, 0.15) is 12.1 Å². The van der Waals surface area contributed by atoms with E-state index in [0.29, 0.717) is 29.3 Å². The zero-order chi connectivity index (χ0) is 29.4. The number of nitrogens with one attached hydrogen (secondary N) is 2. The van der Waals surface area contributed by atoms with Crippen LogP contribution in [0.3, 0.4) is 0 Å². The molecule has 2 aliphatic rings. The third kappa shape index (κ3) is 4.94. The molecule has 0 bridgehead atoms. The molecule has 1 fully saturated rings. The molecule has 0 saturated carbocycles. The summed E-state index contributed by atoms with van der Waals surface area (Å²) in [5, 5.41) is 14.1. The number of aromatic amines is 1. The molecule has 4 aromatic rings. The van der Waals surface area contributed by atoms with E-state index in [4.69, 9.17) is 9.47 Å². The highest BCUT2D eigenvalue weighted by Crippen LogP contribution is 2.39. The van der Waals surface area contributed by atoms with Gasteiger partial charge in [0.2, 0.25) is 11.8 Å². The molecule has 216 valence electrons. The maximum Gasteiger partial charge on any atom is 0.256 e. The lowest BCUT2D eigenvalue weighted by Crippen LogP contribution is -2.56. The smallest absolute Gasteiger partial charge is 0.256 e. The number of nitrogens with zero attached hydrogens (tertiary/aromatic N) is 2. The Hall–Kier alpha value is -4.83. The molecule has 0 radical (unpaired) electrons. The van der Waals surface area contributed by atoms with E-state index < -0.39 is 24.1 Å². The fourth-order valence-electron chi connectivity index (χ4n) is 5.94. The van der Waals surface area contributed by atoms with Crippen molar-refractivity contribution in [1.29, 1.82) is 0 Å². The van der Waals surface area contributed by atoms with Crippen molar-refractivity contribution in [2.45, 2.75) is 37.6 Å². The van der Waals surface area contributed by atoms with Crippen LogP contribution in [-0.4, -0.2) is 71.7 Å². The van der Waals surface area contributed by atoms with E-state index in [1.807, 2.05) is 60.7 Å². The first kappa shape index (κ1) is 27.3. The van der Waals surface area contributed by atoms with Crippen LogP contribution in [0.2, 0.25) is 0 Å². The summed E-state index contributed by atoms with van der Waals surface area (Å²) < 4.78 is 11.0. The van der Waals surface area contributed by atoms with Crippen molar-refractivity contribution in [3.8, 4) is 11.5 Å². The van der Waals surface area contributed by atoms with Crippen LogP contribution >= 0.6 is 0 Å². The fraction of sp³-hybridized carbons (Fsp3) is 0.281. The van der Waals surface area contributed by atoms with Gasteiger partial charge in [0, 0.05) is 42.6 Å². The molecule has 3 heterocycles. The van der Waals surface area contributed by atoms with Crippen LogP contribution in [0.5, 0.6) is 11.5 Å². The van der Waals surface area contributed by atoms with Crippen molar-refractivity contribution in [2.24, 2.45) is 0 Å². The summed E-state index contributed by atoms with van der Waals surface area (Å²) in [6.45, 7) is 0.316. The molecule has 10 nitrogen and oxygen atoms in total. The summed E-state index contributed by atoms with van der Waals surface area (Å²) in [6, 6.07) is 18.8. The minimum Gasteiger partial charge on any atom is -0.493 e. The molecule has 1 saturated heterocycles. The number of hydrogen-bond donors (Lipinski definition) is 3. The number of anilines is 1. The van der Waals surface area contributed by atoms with Crippen molar-refractivity contribution in [3.63, 3.8) is 0 Å². The quantitative estimate of drug-likeness (QED) is 0.315. The summed E-state index contributed by atoms with van der Waals surface area (Å²) in [7, 11) is 3.09. The maximum atomic E-state index is 13.9. The van der Waals surface area contributed by atoms with E-state index in [1.54, 1.807) is 31.4 Å². The van der Waals surface area contributed by atoms with E-state index >= 15 is 0 Å². The highest BCUT2D eigenvalue weighted by atomic mass is 16.5. The number of H-pyrrole nitrogens is 1. The van der Waals surface area contributed by atoms with Gasteiger partial charge in [0.15, 0.2) is 11.5 Å². The third-order valence-corrected chi connectivity index (χ3v) is 8.03. The first-order valence-corrected chi connectivity index (χ1v) is 13.8. The maximum absolute atomic E-state index is 13.9. The Balaban J connectivity index is 1.28. The molecule has 6 rings (SSSR count). The molecule has 2 aliphatic heterocycles. The van der Waals surface area contributed by atoms with Gasteiger partial charge in [0.05, 0.1) is 38.1 Å². The average molecular weight is 569 g/mol. The second-order valence-corrected chi connectivity index (χ2v) is 10.6. The predicted octanol–water partition coefficient (Wildman–Crippen LogP) is 3.03. The Morgan fingerprint density at radius 2 is 1.74 bits per heavy atom. The number of likely N-dealkylation sites (tertiary alicyclic amines) is 1. The summed E-state index contributed by atoms with van der Waals surface area (Å²) in [5.41, 5.74) is 3.65. The minimum absolute atomic E-state index is 0.0228. The molecule has 3 amide bonds. The number of β-amino-alcohol motifs (C(OH)–C–C–N with tert-alkyl or cyclic N) is 1. The Bertz CT molecular complexity index is 1650. The highest BCUT2D eigenvalue weighted by Gasteiger charge is 2.42. The van der Waals surface area contributed by atoms with E-state index in [0.717, 1.165) is 22.0 Å². The van der Waals surface area contributed by atoms with Crippen LogP contribution in [0, 0.1) is 0 Å². The van der Waals surface area contributed by atoms with Gasteiger partial charge in [-0.15, -0.1) is 0 Å². The number of benzene rings is 3. The van der Waals surface area contributed by atoms with E-state index in [2.05, 4.69) is 10.3 Å². The van der Waals surface area contributed by atoms with Crippen LogP contribution in [0.15, 0.2) is 72.9 Å². The average Bonchev–Trinajstić information content (AvgIpc) is 3.62. The molecule has 3 atom stereocenters. The predicted molar refractivity (Wildman–Crippen MR) is 157 cm³/mol. The topological polar surface area (TPSA) is 124 Å². The zero-order valence-electron chi connectivity index (χ0n) is 23.4. The van der Waals surface area contributed by atoms with Gasteiger partial charge < -0.3 is 34.7 Å². The highest BCUT2D eigenvalue weighted by molar-refractivity contribution is 6.08. The Labute approximate surface area is 242 Å². The first-order valence-electron chi connectivity index (χ1n) is 13.8. The summed E-state index contributed by atoms with van der Waals surface area (Å²) in [5.74, 6) is -0.102. The van der Waals surface area contributed by atoms with Gasteiger partial charge in [-0.3, -0.25) is 14.4 Å². The van der Waals surface area contributed by atoms with Crippen LogP contribution in [0.25, 0.3) is 10.9 Å². The van der Waals surface area contributed by atoms with Crippen LogP contribution in [0.4, 0.5) is 5.69 Å². The summed E-state index contributed by atoms with van der Waals surface area (Å²) in [4.78, 5) is 47.4. The van der Waals surface area contributed by atoms with Crippen LogP contribution < -0.4 is 19.7 Å². The molecule has 3 N–H and O–H groups in total. The number of fused-ring (bicyclic) bond motifs is 2. The Morgan fingerprint density at radius 1 is 1.02 bits per heavy atom. The zero-order valence-corrected chi connectivity index (χ0v) is 23.4. The number of aliphatic hydroxyl groups excluding tert-OH is 1. The number of ether oxygens (including phenoxy) is 2. The molecule has 1 aromatic heterocycles. The second kappa shape index (κ2) is 11.2. The lowest BCUT2D eigenvalue weighted by atomic mass is 9.95. The van der Waals surface area contributed by atoms with Crippen molar-refractivity contribution in [2.75, 3.05) is 25.7 Å². The number of methoxy groups -OCH3 is 2. The van der Waals surface area contributed by atoms with Crippen LogP contribution in [0.1, 0.15) is 27.9 Å². The number of rotatable bonds is 7. The standard InChI is InChI=1S/C32H32N4O6/c1-41-28-13-20-12-25(32(40)35(26(20)15-29(28)42-2)17-19-8-4-3-5-9-19)34-30(38)27-14-21(37)18-36(27)31(39)23-16-33-24-11-7-6-10-22(23)24/h3-11,13,15-16,21,25,27,33,37H,12,14,17-18H2,1-2H3,(H,34,38). The molecule has 42 heavy (non-hydrogen) atoms. The molecule has 0 spiro atoms. The van der Waals surface area contributed by atoms with Crippen molar-refractivity contribution in [3.05, 3.63) is 89.6 Å². The van der Waals surface area contributed by atoms with Crippen molar-refractivity contribution in [1.82, 2.24) is 15.2 Å². The fourth-order valence-corrected chi connectivity index (χ4v) is 5.94. The molecule has 10 heteroatoms. The van der Waals surface area contributed by atoms with E-state index in [-0.39, 0.29) is 31.2 Å². The molecule has 0 aliphatic carbocycles. The number of amides is 3. The first-order chi connectivity index (χ1) is 20.4. The number of aromatic nitrogens is 1. The third-order valence-electron chi connectivity index (χ3n) is 8.03. The second-order valence-electron chi connectivity index (χ2n) is 10.6. The summed E-state index contributed by atoms with van der Waals surface area (Å²) in [6.07, 6.45) is 1.08. The number of carbonyl (C=O) groups excluding carboxylic acids is 3. The van der Waals surface area contributed by atoms with Gasteiger partial charge >= 0.3 is 0 Å². The normalized spacial score (nSPS) is 20.0. The molecule has 3 unspecified atom stereocenters. The van der Waals surface area contributed by atoms with E-state index in [9.17, 15) is 19.5 Å². The number of para-hydroxylation sites is 1. The molecule has 3 aromatic carbocycles. The molecular weight excluding hydrogens is 536 g/mol. The largest absolute Gasteiger partial charge is 0.493 e. The Kier molecular flexibility index (Phi) is 7.30. The lowest BCUT2D eigenvalue weighted by Gasteiger charge is -2.36. The monoisotopic (exact) mass is 568 g/mol.